The zero-order valence-corrected chi connectivity index (χ0v) is 67.5. The summed E-state index contributed by atoms with van der Waals surface area (Å²) in [7, 11) is 0. The Bertz CT molecular complexity index is 6290. The molecule has 12 nitrogen and oxygen atoms in total. The third-order valence-corrected chi connectivity index (χ3v) is 22.4. The van der Waals surface area contributed by atoms with E-state index in [-0.39, 0.29) is 0 Å². The van der Waals surface area contributed by atoms with Gasteiger partial charge in [-0.3, -0.25) is 29.5 Å². The first-order valence-electron chi connectivity index (χ1n) is 40.5. The standard InChI is InChI=1S/C19H15N.4C18H14N2.C17H13N3/c1-14-10-12-15(13-11-14)20-18-8-4-2-6-16(18)17-7-3-5-9-19(17)20;1-13-8-10-14(11-9-13)20-17-7-3-2-5-15(17)16-6-4-12-19-18(16)20;1-13-8-10-14(11-9-13)20-16-6-3-2-5-15(16)18-17(20)7-4-12-19-18;1-13-6-8-14(9-7-13)20-17-5-3-2-4-15(17)16-12-19-11-10-18(16)20;1-13-6-8-14(9-7-13)20-17-5-3-2-4-15(17)16-10-11-19-12-18(16)20;1-12-6-8-13(9-7-12)20-14-4-2-10-18-16(14)17-15(20)5-3-11-19-17/h2-13H,1H3;4*2-12H,1H3;2-11H,1H3. The van der Waals surface area contributed by atoms with E-state index in [1.54, 1.807) is 0 Å². The van der Waals surface area contributed by atoms with Gasteiger partial charge in [-0.15, -0.1) is 0 Å². The average molecular weight is 1550 g/mol. The normalized spacial score (nSPS) is 11.2. The predicted molar refractivity (Wildman–Crippen MR) is 500 cm³/mol. The highest BCUT2D eigenvalue weighted by Gasteiger charge is 2.19. The molecule has 0 aliphatic heterocycles. The van der Waals surface area contributed by atoms with E-state index in [0.29, 0.717) is 0 Å². The molecule has 0 bridgehead atoms. The van der Waals surface area contributed by atoms with Gasteiger partial charge in [-0.25, -0.2) is 4.98 Å². The van der Waals surface area contributed by atoms with Crippen molar-refractivity contribution >= 4 is 131 Å². The second kappa shape index (κ2) is 32.6. The van der Waals surface area contributed by atoms with Crippen LogP contribution >= 0.6 is 0 Å². The molecule has 0 fully saturated rings. The molecule has 120 heavy (non-hydrogen) atoms. The molecule has 0 aliphatic carbocycles. The summed E-state index contributed by atoms with van der Waals surface area (Å²) in [4.78, 5) is 26.7. The number of aromatic nitrogens is 12. The van der Waals surface area contributed by atoms with Gasteiger partial charge in [0.2, 0.25) is 0 Å². The Balaban J connectivity index is 0.0000000952. The molecule has 24 rings (SSSR count). The van der Waals surface area contributed by atoms with Gasteiger partial charge in [0.15, 0.2) is 0 Å². The minimum atomic E-state index is 0.948. The average Bonchev–Trinajstić information content (AvgIpc) is 1.64. The molecule has 0 unspecified atom stereocenters. The first-order valence-corrected chi connectivity index (χ1v) is 40.5. The lowest BCUT2D eigenvalue weighted by molar-refractivity contribution is 1.13. The molecule has 12 aromatic heterocycles. The molecule has 12 heteroatoms. The van der Waals surface area contributed by atoms with Gasteiger partial charge in [0.05, 0.1) is 72.4 Å². The van der Waals surface area contributed by atoms with Crippen molar-refractivity contribution in [1.82, 2.24) is 57.3 Å². The van der Waals surface area contributed by atoms with Crippen LogP contribution < -0.4 is 0 Å². The molecule has 576 valence electrons. The largest absolute Gasteiger partial charge is 0.309 e. The first-order chi connectivity index (χ1) is 59.1. The Morgan fingerprint density at radius 1 is 0.158 bits per heavy atom. The summed E-state index contributed by atoms with van der Waals surface area (Å²) < 4.78 is 13.6. The molecule has 0 radical (unpaired) electrons. The summed E-state index contributed by atoms with van der Waals surface area (Å²) in [5.41, 5.74) is 31.7. The fourth-order valence-electron chi connectivity index (χ4n) is 16.6. The molecule has 0 N–H and O–H groups in total. The third-order valence-electron chi connectivity index (χ3n) is 22.4. The molecular weight excluding hydrogens is 1470 g/mol. The van der Waals surface area contributed by atoms with Crippen LogP contribution in [-0.4, -0.2) is 57.3 Å². The van der Waals surface area contributed by atoms with Crippen molar-refractivity contribution in [2.45, 2.75) is 41.5 Å². The second-order valence-corrected chi connectivity index (χ2v) is 30.4. The van der Waals surface area contributed by atoms with Gasteiger partial charge in [-0.1, -0.05) is 215 Å². The van der Waals surface area contributed by atoms with E-state index < -0.39 is 0 Å². The van der Waals surface area contributed by atoms with Crippen LogP contribution in [-0.2, 0) is 0 Å². The van der Waals surface area contributed by atoms with Crippen molar-refractivity contribution in [3.63, 3.8) is 0 Å². The molecule has 12 aromatic carbocycles. The first kappa shape index (κ1) is 74.4. The van der Waals surface area contributed by atoms with E-state index in [1.807, 2.05) is 73.8 Å². The fraction of sp³-hybridized carbons (Fsp3) is 0.0556. The van der Waals surface area contributed by atoms with E-state index >= 15 is 0 Å². The molecule has 0 amide bonds. The van der Waals surface area contributed by atoms with E-state index in [4.69, 9.17) is 0 Å². The highest BCUT2D eigenvalue weighted by Crippen LogP contribution is 2.38. The van der Waals surface area contributed by atoms with Crippen LogP contribution in [0.1, 0.15) is 33.4 Å². The maximum atomic E-state index is 4.58. The number of pyridine rings is 6. The maximum absolute atomic E-state index is 4.58. The lowest BCUT2D eigenvalue weighted by Gasteiger charge is -2.07. The van der Waals surface area contributed by atoms with Gasteiger partial charge in [-0.2, -0.15) is 0 Å². The van der Waals surface area contributed by atoms with Gasteiger partial charge in [0.1, 0.15) is 16.7 Å². The Labute approximate surface area is 694 Å². The topological polar surface area (TPSA) is 107 Å². The van der Waals surface area contributed by atoms with Crippen LogP contribution in [0.15, 0.2) is 401 Å². The van der Waals surface area contributed by atoms with Gasteiger partial charge in [-0.05, 0) is 211 Å². The zero-order valence-electron chi connectivity index (χ0n) is 67.5. The lowest BCUT2D eigenvalue weighted by atomic mass is 10.2. The number of nitrogens with zero attached hydrogens (tertiary/aromatic N) is 12. The minimum absolute atomic E-state index is 0.948. The minimum Gasteiger partial charge on any atom is -0.309 e. The van der Waals surface area contributed by atoms with Crippen molar-refractivity contribution in [3.05, 3.63) is 435 Å². The molecule has 12 heterocycles. The second-order valence-electron chi connectivity index (χ2n) is 30.4. The van der Waals surface area contributed by atoms with E-state index in [0.717, 1.165) is 55.6 Å². The number of hydrogen-bond acceptors (Lipinski definition) is 6. The third kappa shape index (κ3) is 14.2. The number of rotatable bonds is 6. The van der Waals surface area contributed by atoms with Gasteiger partial charge < -0.3 is 22.8 Å². The van der Waals surface area contributed by atoms with Gasteiger partial charge in [0, 0.05) is 126 Å². The highest BCUT2D eigenvalue weighted by atomic mass is 15.1. The van der Waals surface area contributed by atoms with Crippen LogP contribution in [0.25, 0.3) is 165 Å². The van der Waals surface area contributed by atoms with Crippen LogP contribution in [0, 0.1) is 41.5 Å². The van der Waals surface area contributed by atoms with E-state index in [1.165, 1.54) is 143 Å². The molecule has 0 spiro atoms. The van der Waals surface area contributed by atoms with E-state index in [2.05, 4.69) is 426 Å². The summed E-state index contributed by atoms with van der Waals surface area (Å²) in [5, 5.41) is 11.2. The summed E-state index contributed by atoms with van der Waals surface area (Å²) in [5.74, 6) is 0. The van der Waals surface area contributed by atoms with Crippen molar-refractivity contribution in [2.75, 3.05) is 0 Å². The van der Waals surface area contributed by atoms with Crippen LogP contribution in [0.2, 0.25) is 0 Å². The van der Waals surface area contributed by atoms with Gasteiger partial charge >= 0.3 is 0 Å². The Kier molecular flexibility index (Phi) is 20.2. The van der Waals surface area contributed by atoms with Crippen LogP contribution in [0.4, 0.5) is 0 Å². The molecule has 0 saturated heterocycles. The lowest BCUT2D eigenvalue weighted by Crippen LogP contribution is -1.94. The quantitative estimate of drug-likeness (QED) is 0.164. The summed E-state index contributed by atoms with van der Waals surface area (Å²) >= 11 is 0. The maximum Gasteiger partial charge on any atom is 0.145 e. The van der Waals surface area contributed by atoms with Crippen LogP contribution in [0.3, 0.4) is 0 Å². The van der Waals surface area contributed by atoms with Gasteiger partial charge in [0.25, 0.3) is 0 Å². The molecule has 0 aliphatic rings. The molecule has 24 aromatic rings. The Hall–Kier alpha value is -15.7. The monoisotopic (exact) mass is 1550 g/mol. The Morgan fingerprint density at radius 2 is 0.400 bits per heavy atom. The smallest absolute Gasteiger partial charge is 0.145 e. The fourth-order valence-corrected chi connectivity index (χ4v) is 16.6. The Morgan fingerprint density at radius 3 is 0.808 bits per heavy atom. The van der Waals surface area contributed by atoms with Crippen molar-refractivity contribution < 1.29 is 0 Å². The van der Waals surface area contributed by atoms with Crippen molar-refractivity contribution in [2.24, 2.45) is 0 Å². The SMILES string of the molecule is Cc1ccc(-n2c3ccccc3c3ccccc32)cc1.Cc1ccc(-n2c3ccccc3c3cccnc32)cc1.Cc1ccc(-n2c3ccccc3c3ccncc32)cc1.Cc1ccc(-n2c3ccccc3c3cnccc32)cc1.Cc1ccc(-n2c3ccccc3c3ncccc32)cc1.Cc1ccc(-n2c3cccnc3c3ncccc32)cc1. The number of para-hydroxylation sites is 6. The van der Waals surface area contributed by atoms with E-state index in [9.17, 15) is 0 Å². The summed E-state index contributed by atoms with van der Waals surface area (Å²) in [6.45, 7) is 12.6. The van der Waals surface area contributed by atoms with Crippen LogP contribution in [0.5, 0.6) is 0 Å². The molecule has 0 atom stereocenters. The highest BCUT2D eigenvalue weighted by molar-refractivity contribution is 6.13. The summed E-state index contributed by atoms with van der Waals surface area (Å²) in [6.07, 6.45) is 14.9. The van der Waals surface area contributed by atoms with Crippen molar-refractivity contribution in [1.29, 1.82) is 0 Å². The number of benzene rings is 12. The number of fused-ring (bicyclic) bond motifs is 18. The van der Waals surface area contributed by atoms with Crippen molar-refractivity contribution in [3.8, 4) is 34.1 Å². The number of hydrogen-bond donors (Lipinski definition) is 0. The zero-order chi connectivity index (χ0) is 81.2. The molecule has 0 saturated carbocycles. The predicted octanol–water partition coefficient (Wildman–Crippen LogP) is 26.9. The summed E-state index contributed by atoms with van der Waals surface area (Å²) in [6, 6.07) is 123. The number of aryl methyl sites for hydroxylation is 6. The molecular formula is C108H84N12.